The number of ether oxygens (including phenoxy) is 2. The molecule has 0 N–H and O–H groups in total. The molecule has 3 rings (SSSR count). The number of halogens is 1. The Morgan fingerprint density at radius 3 is 2.74 bits per heavy atom. The summed E-state index contributed by atoms with van der Waals surface area (Å²) in [6.45, 7) is 1.12. The number of fused-ring (bicyclic) bond motifs is 1. The third kappa shape index (κ3) is 5.08. The highest BCUT2D eigenvalue weighted by Gasteiger charge is 2.28. The monoisotopic (exact) mass is 440 g/mol. The van der Waals surface area contributed by atoms with Crippen LogP contribution in [0.5, 0.6) is 11.5 Å². The summed E-state index contributed by atoms with van der Waals surface area (Å²) in [5, 5.41) is 18.1. The molecule has 0 amide bonds. The molecule has 0 aliphatic heterocycles. The van der Waals surface area contributed by atoms with Crippen LogP contribution in [-0.4, -0.2) is 36.4 Å². The van der Waals surface area contributed by atoms with E-state index in [2.05, 4.69) is 9.36 Å². The minimum Gasteiger partial charge on any atom is -0.457 e. The van der Waals surface area contributed by atoms with Gasteiger partial charge >= 0.3 is 0 Å². The molecule has 0 fully saturated rings. The number of hydrogen-bond donors (Lipinski definition) is 0. The number of nitriles is 2. The smallest absolute Gasteiger partial charge is 0.214 e. The van der Waals surface area contributed by atoms with E-state index >= 15 is 0 Å². The van der Waals surface area contributed by atoms with Crippen LogP contribution in [0.3, 0.4) is 0 Å². The van der Waals surface area contributed by atoms with Gasteiger partial charge in [-0.25, -0.2) is 8.60 Å². The Kier molecular flexibility index (Phi) is 7.01. The van der Waals surface area contributed by atoms with Gasteiger partial charge in [-0.3, -0.25) is 4.99 Å². The molecule has 2 aromatic rings. The fourth-order valence-electron chi connectivity index (χ4n) is 3.47. The third-order valence-electron chi connectivity index (χ3n) is 4.79. The van der Waals surface area contributed by atoms with Crippen LogP contribution in [0.15, 0.2) is 44.6 Å². The van der Waals surface area contributed by atoms with Crippen LogP contribution in [0.2, 0.25) is 0 Å². The number of hydrogen-bond acceptors (Lipinski definition) is 7. The fourth-order valence-corrected chi connectivity index (χ4v) is 4.67. The van der Waals surface area contributed by atoms with Crippen LogP contribution in [0, 0.1) is 28.6 Å². The van der Waals surface area contributed by atoms with Crippen molar-refractivity contribution >= 4 is 15.4 Å². The van der Waals surface area contributed by atoms with E-state index in [4.69, 9.17) is 20.0 Å². The van der Waals surface area contributed by atoms with Gasteiger partial charge in [-0.1, -0.05) is 0 Å². The van der Waals surface area contributed by atoms with E-state index in [-0.39, 0.29) is 11.3 Å². The topological polar surface area (TPSA) is 108 Å². The van der Waals surface area contributed by atoms with E-state index < -0.39 is 15.5 Å². The van der Waals surface area contributed by atoms with Gasteiger partial charge < -0.3 is 9.47 Å². The van der Waals surface area contributed by atoms with Crippen LogP contribution < -0.4 is 4.74 Å². The molecule has 7 nitrogen and oxygen atoms in total. The van der Waals surface area contributed by atoms with Crippen molar-refractivity contribution in [2.75, 3.05) is 26.5 Å². The lowest BCUT2D eigenvalue weighted by Crippen LogP contribution is -2.08. The summed E-state index contributed by atoms with van der Waals surface area (Å²) in [4.78, 5) is 5.08. The van der Waals surface area contributed by atoms with E-state index in [0.29, 0.717) is 42.2 Å². The Morgan fingerprint density at radius 1 is 1.23 bits per heavy atom. The molecule has 9 heteroatoms. The van der Waals surface area contributed by atoms with Gasteiger partial charge in [0.15, 0.2) is 0 Å². The molecule has 160 valence electrons. The summed E-state index contributed by atoms with van der Waals surface area (Å²) in [6.07, 6.45) is 5.00. The molecule has 2 aromatic carbocycles. The number of methoxy groups -OCH3 is 1. The minimum absolute atomic E-state index is 0.146. The van der Waals surface area contributed by atoms with Crippen LogP contribution in [0.25, 0.3) is 0 Å². The van der Waals surface area contributed by atoms with Gasteiger partial charge in [-0.2, -0.15) is 10.5 Å². The average molecular weight is 441 g/mol. The normalized spacial score (nSPS) is 15.6. The standard InChI is InChI=1S/C22H21FN4O3S/c1-29-9-3-8-26-19-5-4-18-20(30-17-11-15(13-24)10-16(23)12-17)6-7-21(22(18)19)31(2,28)27-14-25/h6-7,10-12H,3-5,8-9H2,1-2H3/b26-19+. The summed E-state index contributed by atoms with van der Waals surface area (Å²) in [6, 6.07) is 8.92. The molecule has 1 unspecified atom stereocenters. The Hall–Kier alpha value is -3.27. The Bertz CT molecular complexity index is 1230. The largest absolute Gasteiger partial charge is 0.457 e. The highest BCUT2D eigenvalue weighted by molar-refractivity contribution is 7.93. The molecule has 31 heavy (non-hydrogen) atoms. The van der Waals surface area contributed by atoms with Crippen molar-refractivity contribution in [3.63, 3.8) is 0 Å². The minimum atomic E-state index is -2.96. The van der Waals surface area contributed by atoms with Gasteiger partial charge in [0.05, 0.1) is 26.3 Å². The van der Waals surface area contributed by atoms with Crippen LogP contribution in [0.1, 0.15) is 29.5 Å². The molecule has 0 saturated heterocycles. The molecule has 1 aliphatic rings. The summed E-state index contributed by atoms with van der Waals surface area (Å²) in [7, 11) is -1.34. The second kappa shape index (κ2) is 9.69. The summed E-state index contributed by atoms with van der Waals surface area (Å²) in [5.41, 5.74) is 2.35. The van der Waals surface area contributed by atoms with Crippen molar-refractivity contribution < 1.29 is 18.1 Å². The first-order chi connectivity index (χ1) is 14.9. The predicted molar refractivity (Wildman–Crippen MR) is 114 cm³/mol. The summed E-state index contributed by atoms with van der Waals surface area (Å²) >= 11 is 0. The molecule has 0 radical (unpaired) electrons. The molecule has 0 aromatic heterocycles. The molecular formula is C22H21FN4O3S. The summed E-state index contributed by atoms with van der Waals surface area (Å²) < 4.78 is 41.5. The molecule has 0 bridgehead atoms. The lowest BCUT2D eigenvalue weighted by atomic mass is 10.1. The maximum absolute atomic E-state index is 13.8. The second-order valence-corrected chi connectivity index (χ2v) is 9.20. The van der Waals surface area contributed by atoms with Crippen molar-refractivity contribution in [1.29, 1.82) is 10.5 Å². The van der Waals surface area contributed by atoms with Gasteiger partial charge in [0, 0.05) is 49.4 Å². The third-order valence-corrected chi connectivity index (χ3v) is 6.38. The molecular weight excluding hydrogens is 419 g/mol. The lowest BCUT2D eigenvalue weighted by Gasteiger charge is -2.15. The maximum atomic E-state index is 13.8. The van der Waals surface area contributed by atoms with Crippen molar-refractivity contribution in [2.45, 2.75) is 24.2 Å². The quantitative estimate of drug-likeness (QED) is 0.474. The van der Waals surface area contributed by atoms with Gasteiger partial charge in [0.2, 0.25) is 6.19 Å². The lowest BCUT2D eigenvalue weighted by molar-refractivity contribution is 0.197. The van der Waals surface area contributed by atoms with Gasteiger partial charge in [-0.15, -0.1) is 4.36 Å². The first kappa shape index (κ1) is 22.4. The first-order valence-corrected chi connectivity index (χ1v) is 11.5. The van der Waals surface area contributed by atoms with Crippen molar-refractivity contribution in [3.05, 3.63) is 52.8 Å². The molecule has 0 spiro atoms. The SMILES string of the molecule is COCCC/N=C1\CCc2c(Oc3cc(F)cc(C#N)c3)ccc(S(C)(=O)=NC#N)c21. The van der Waals surface area contributed by atoms with Crippen molar-refractivity contribution in [1.82, 2.24) is 0 Å². The van der Waals surface area contributed by atoms with Crippen molar-refractivity contribution in [2.24, 2.45) is 9.36 Å². The van der Waals surface area contributed by atoms with Gasteiger partial charge in [-0.05, 0) is 43.5 Å². The van der Waals surface area contributed by atoms with Crippen LogP contribution in [0.4, 0.5) is 4.39 Å². The highest BCUT2D eigenvalue weighted by Crippen LogP contribution is 2.38. The molecule has 0 heterocycles. The van der Waals surface area contributed by atoms with E-state index in [1.807, 2.05) is 6.07 Å². The van der Waals surface area contributed by atoms with E-state index in [0.717, 1.165) is 23.8 Å². The average Bonchev–Trinajstić information content (AvgIpc) is 3.15. The first-order valence-electron chi connectivity index (χ1n) is 9.57. The maximum Gasteiger partial charge on any atom is 0.214 e. The Balaban J connectivity index is 2.09. The van der Waals surface area contributed by atoms with Crippen molar-refractivity contribution in [3.8, 4) is 23.8 Å². The highest BCUT2D eigenvalue weighted by atomic mass is 32.2. The zero-order valence-electron chi connectivity index (χ0n) is 17.2. The molecule has 1 aliphatic carbocycles. The van der Waals surface area contributed by atoms with Crippen LogP contribution in [-0.2, 0) is 20.9 Å². The zero-order valence-corrected chi connectivity index (χ0v) is 18.0. The van der Waals surface area contributed by atoms with E-state index in [1.165, 1.54) is 18.4 Å². The number of benzene rings is 2. The number of nitrogens with zero attached hydrogens (tertiary/aromatic N) is 4. The Labute approximate surface area is 180 Å². The predicted octanol–water partition coefficient (Wildman–Crippen LogP) is 4.20. The van der Waals surface area contributed by atoms with E-state index in [1.54, 1.807) is 25.4 Å². The zero-order chi connectivity index (χ0) is 22.4. The van der Waals surface area contributed by atoms with Crippen LogP contribution >= 0.6 is 0 Å². The van der Waals surface area contributed by atoms with E-state index in [9.17, 15) is 8.60 Å². The molecule has 1 atom stereocenters. The summed E-state index contributed by atoms with van der Waals surface area (Å²) in [5.74, 6) is 0.0746. The van der Waals surface area contributed by atoms with Gasteiger partial charge in [0.1, 0.15) is 17.3 Å². The second-order valence-electron chi connectivity index (χ2n) is 6.97. The fraction of sp³-hybridized carbons (Fsp3) is 0.318. The number of aliphatic imine (C=N–C) groups is 1. The van der Waals surface area contributed by atoms with Gasteiger partial charge in [0.25, 0.3) is 0 Å². The Morgan fingerprint density at radius 2 is 2.03 bits per heavy atom. The number of rotatable bonds is 7. The molecule has 0 saturated carbocycles.